The summed E-state index contributed by atoms with van der Waals surface area (Å²) >= 11 is 0. The van der Waals surface area contributed by atoms with Crippen LogP contribution >= 0.6 is 0 Å². The van der Waals surface area contributed by atoms with Crippen LogP contribution in [0.3, 0.4) is 0 Å². The molecule has 0 spiro atoms. The summed E-state index contributed by atoms with van der Waals surface area (Å²) in [5.41, 5.74) is 0. The summed E-state index contributed by atoms with van der Waals surface area (Å²) in [5, 5.41) is 0. The normalized spacial score (nSPS) is 22.9. The highest BCUT2D eigenvalue weighted by Gasteiger charge is 2.24. The molecule has 1 saturated heterocycles. The number of hydrogen-bond acceptors (Lipinski definition) is 2. The number of nitrogens with zero attached hydrogens (tertiary/aromatic N) is 1. The summed E-state index contributed by atoms with van der Waals surface area (Å²) in [7, 11) is 0. The van der Waals surface area contributed by atoms with Crippen LogP contribution in [0.25, 0.3) is 0 Å². The van der Waals surface area contributed by atoms with Crippen LogP contribution < -0.4 is 0 Å². The number of carbonyl (C=O) groups excluding carboxylic acids is 2. The molecule has 0 radical (unpaired) electrons. The molecule has 1 unspecified atom stereocenters. The van der Waals surface area contributed by atoms with Gasteiger partial charge in [-0.1, -0.05) is 13.3 Å². The van der Waals surface area contributed by atoms with E-state index >= 15 is 0 Å². The van der Waals surface area contributed by atoms with Crippen LogP contribution in [0.4, 0.5) is 0 Å². The molecule has 0 aromatic heterocycles. The molecule has 1 amide bonds. The first-order valence-electron chi connectivity index (χ1n) is 4.95. The fourth-order valence-electron chi connectivity index (χ4n) is 1.81. The van der Waals surface area contributed by atoms with Gasteiger partial charge in [0.2, 0.25) is 5.78 Å². The molecule has 0 saturated carbocycles. The van der Waals surface area contributed by atoms with Crippen molar-refractivity contribution < 1.29 is 9.59 Å². The Morgan fingerprint density at radius 1 is 1.46 bits per heavy atom. The number of hydrogen-bond donors (Lipinski definition) is 0. The second kappa shape index (κ2) is 4.40. The first kappa shape index (κ1) is 10.2. The van der Waals surface area contributed by atoms with Crippen LogP contribution in [0.15, 0.2) is 0 Å². The first-order chi connectivity index (χ1) is 6.15. The molecule has 1 rings (SSSR count). The molecule has 0 aromatic rings. The molecule has 74 valence electrons. The molecule has 1 aliphatic heterocycles. The number of piperidine rings is 1. The van der Waals surface area contributed by atoms with Gasteiger partial charge in [0.15, 0.2) is 0 Å². The van der Waals surface area contributed by atoms with Crippen molar-refractivity contribution in [3.8, 4) is 0 Å². The largest absolute Gasteiger partial charge is 0.336 e. The number of ketones is 1. The zero-order valence-electron chi connectivity index (χ0n) is 8.38. The average molecular weight is 183 g/mol. The van der Waals surface area contributed by atoms with E-state index in [0.717, 1.165) is 25.9 Å². The van der Waals surface area contributed by atoms with Crippen molar-refractivity contribution in [2.75, 3.05) is 13.1 Å². The van der Waals surface area contributed by atoms with E-state index in [-0.39, 0.29) is 11.7 Å². The predicted molar refractivity (Wildman–Crippen MR) is 50.3 cm³/mol. The number of carbonyl (C=O) groups is 2. The van der Waals surface area contributed by atoms with E-state index in [4.69, 9.17) is 0 Å². The summed E-state index contributed by atoms with van der Waals surface area (Å²) < 4.78 is 0. The number of amides is 1. The lowest BCUT2D eigenvalue weighted by molar-refractivity contribution is -0.144. The molecule has 1 atom stereocenters. The minimum Gasteiger partial charge on any atom is -0.336 e. The highest BCUT2D eigenvalue weighted by atomic mass is 16.2. The Bertz CT molecular complexity index is 213. The molecular weight excluding hydrogens is 166 g/mol. The average Bonchev–Trinajstić information content (AvgIpc) is 2.16. The van der Waals surface area contributed by atoms with Crippen LogP contribution in [0.1, 0.15) is 33.1 Å². The molecule has 0 bridgehead atoms. The van der Waals surface area contributed by atoms with Crippen molar-refractivity contribution in [3.05, 3.63) is 0 Å². The van der Waals surface area contributed by atoms with Crippen LogP contribution in [0.5, 0.6) is 0 Å². The van der Waals surface area contributed by atoms with E-state index in [1.807, 2.05) is 0 Å². The first-order valence-corrected chi connectivity index (χ1v) is 4.95. The Balaban J connectivity index is 2.51. The smallest absolute Gasteiger partial charge is 0.289 e. The molecule has 13 heavy (non-hydrogen) atoms. The summed E-state index contributed by atoms with van der Waals surface area (Å²) in [6.07, 6.45) is 3.33. The summed E-state index contributed by atoms with van der Waals surface area (Å²) in [4.78, 5) is 23.9. The standard InChI is InChI=1S/C10H17NO2/c1-3-9-5-4-6-11(7-9)10(13)8(2)12/h9H,3-7H2,1-2H3. The monoisotopic (exact) mass is 183 g/mol. The minimum absolute atomic E-state index is 0.307. The lowest BCUT2D eigenvalue weighted by Gasteiger charge is -2.31. The van der Waals surface area contributed by atoms with Crippen molar-refractivity contribution >= 4 is 11.7 Å². The van der Waals surface area contributed by atoms with E-state index in [2.05, 4.69) is 6.92 Å². The zero-order valence-corrected chi connectivity index (χ0v) is 8.38. The van der Waals surface area contributed by atoms with Gasteiger partial charge >= 0.3 is 0 Å². The molecule has 0 N–H and O–H groups in total. The summed E-state index contributed by atoms with van der Waals surface area (Å²) in [6.45, 7) is 5.01. The van der Waals surface area contributed by atoms with Gasteiger partial charge in [-0.15, -0.1) is 0 Å². The zero-order chi connectivity index (χ0) is 9.84. The minimum atomic E-state index is -0.336. The molecule has 1 aliphatic rings. The maximum absolute atomic E-state index is 11.3. The van der Waals surface area contributed by atoms with Gasteiger partial charge in [-0.25, -0.2) is 0 Å². The third-order valence-electron chi connectivity index (χ3n) is 2.68. The SMILES string of the molecule is CCC1CCCN(C(=O)C(C)=O)C1. The molecular formula is C10H17NO2. The maximum Gasteiger partial charge on any atom is 0.289 e. The van der Waals surface area contributed by atoms with Crippen LogP contribution in [0, 0.1) is 5.92 Å². The summed E-state index contributed by atoms with van der Waals surface area (Å²) in [5.74, 6) is -0.0491. The number of Topliss-reactive ketones (excluding diaryl/α,β-unsaturated/α-hetero) is 1. The third-order valence-corrected chi connectivity index (χ3v) is 2.68. The fourth-order valence-corrected chi connectivity index (χ4v) is 1.81. The van der Waals surface area contributed by atoms with E-state index < -0.39 is 0 Å². The number of likely N-dealkylation sites (tertiary alicyclic amines) is 1. The molecule has 3 heteroatoms. The Labute approximate surface area is 79.1 Å². The van der Waals surface area contributed by atoms with E-state index in [9.17, 15) is 9.59 Å². The molecule has 1 fully saturated rings. The molecule has 0 aliphatic carbocycles. The lowest BCUT2D eigenvalue weighted by Crippen LogP contribution is -2.42. The van der Waals surface area contributed by atoms with Crippen LogP contribution in [-0.2, 0) is 9.59 Å². The van der Waals surface area contributed by atoms with Gasteiger partial charge in [-0.2, -0.15) is 0 Å². The van der Waals surface area contributed by atoms with E-state index in [1.54, 1.807) is 4.90 Å². The van der Waals surface area contributed by atoms with Gasteiger partial charge in [0, 0.05) is 20.0 Å². The maximum atomic E-state index is 11.3. The van der Waals surface area contributed by atoms with Gasteiger partial charge in [0.25, 0.3) is 5.91 Å². The Hall–Kier alpha value is -0.860. The van der Waals surface area contributed by atoms with Crippen molar-refractivity contribution in [2.45, 2.75) is 33.1 Å². The topological polar surface area (TPSA) is 37.4 Å². The Morgan fingerprint density at radius 2 is 2.15 bits per heavy atom. The number of rotatable bonds is 2. The highest BCUT2D eigenvalue weighted by Crippen LogP contribution is 2.18. The van der Waals surface area contributed by atoms with E-state index in [0.29, 0.717) is 5.92 Å². The highest BCUT2D eigenvalue weighted by molar-refractivity contribution is 6.35. The van der Waals surface area contributed by atoms with Crippen LogP contribution in [0.2, 0.25) is 0 Å². The van der Waals surface area contributed by atoms with Gasteiger partial charge in [0.05, 0.1) is 0 Å². The second-order valence-electron chi connectivity index (χ2n) is 3.72. The van der Waals surface area contributed by atoms with Crippen molar-refractivity contribution in [1.82, 2.24) is 4.90 Å². The van der Waals surface area contributed by atoms with Gasteiger partial charge < -0.3 is 4.90 Å². The second-order valence-corrected chi connectivity index (χ2v) is 3.72. The third kappa shape index (κ3) is 2.54. The van der Waals surface area contributed by atoms with Gasteiger partial charge in [0.1, 0.15) is 0 Å². The molecule has 1 heterocycles. The quantitative estimate of drug-likeness (QED) is 0.604. The van der Waals surface area contributed by atoms with Crippen molar-refractivity contribution in [2.24, 2.45) is 5.92 Å². The van der Waals surface area contributed by atoms with E-state index in [1.165, 1.54) is 13.3 Å². The lowest BCUT2D eigenvalue weighted by atomic mass is 9.95. The van der Waals surface area contributed by atoms with Gasteiger partial charge in [-0.05, 0) is 18.8 Å². The summed E-state index contributed by atoms with van der Waals surface area (Å²) in [6, 6.07) is 0. The van der Waals surface area contributed by atoms with Crippen LogP contribution in [-0.4, -0.2) is 29.7 Å². The predicted octanol–water partition coefficient (Wildman–Crippen LogP) is 1.22. The molecule has 3 nitrogen and oxygen atoms in total. The van der Waals surface area contributed by atoms with Crippen molar-refractivity contribution in [3.63, 3.8) is 0 Å². The Morgan fingerprint density at radius 3 is 2.69 bits per heavy atom. The Kier molecular flexibility index (Phi) is 3.46. The molecule has 0 aromatic carbocycles. The van der Waals surface area contributed by atoms with Gasteiger partial charge in [-0.3, -0.25) is 9.59 Å². The van der Waals surface area contributed by atoms with Crippen molar-refractivity contribution in [1.29, 1.82) is 0 Å². The fraction of sp³-hybridized carbons (Fsp3) is 0.800.